The maximum absolute atomic E-state index is 13.1. The summed E-state index contributed by atoms with van der Waals surface area (Å²) in [6, 6.07) is 19.1. The molecule has 0 spiro atoms. The molecule has 57 heavy (non-hydrogen) atoms. The second-order valence-electron chi connectivity index (χ2n) is 13.6. The van der Waals surface area contributed by atoms with Crippen LogP contribution in [-0.2, 0) is 27.1 Å². The molecule has 1 aromatic heterocycles. The third kappa shape index (κ3) is 13.8. The van der Waals surface area contributed by atoms with E-state index in [9.17, 15) is 38.1 Å². The van der Waals surface area contributed by atoms with Gasteiger partial charge in [-0.25, -0.2) is 0 Å². The number of esters is 1. The van der Waals surface area contributed by atoms with E-state index in [0.29, 0.717) is 24.9 Å². The number of carbonyl (C=O) groups is 2. The molecule has 1 aliphatic rings. The van der Waals surface area contributed by atoms with E-state index >= 15 is 0 Å². The molecule has 3 aromatic carbocycles. The summed E-state index contributed by atoms with van der Waals surface area (Å²) in [6.45, 7) is -0.0853. The lowest BCUT2D eigenvalue weighted by Crippen LogP contribution is -2.27. The molecular weight excluding hydrogens is 786 g/mol. The molecule has 0 aliphatic heterocycles. The Morgan fingerprint density at radius 3 is 2.49 bits per heavy atom. The number of rotatable bonds is 17. The molecule has 0 radical (unpaired) electrons. The van der Waals surface area contributed by atoms with Gasteiger partial charge >= 0.3 is 12.1 Å². The Balaban J connectivity index is 0.00000435. The van der Waals surface area contributed by atoms with Crippen LogP contribution in [-0.4, -0.2) is 63.6 Å². The second kappa shape index (κ2) is 22.4. The van der Waals surface area contributed by atoms with Gasteiger partial charge in [0.1, 0.15) is 25.1 Å². The topological polar surface area (TPSA) is 164 Å². The molecule has 4 aromatic rings. The van der Waals surface area contributed by atoms with Crippen LogP contribution in [0.2, 0.25) is 0 Å². The van der Waals surface area contributed by atoms with Gasteiger partial charge in [-0.1, -0.05) is 60.7 Å². The molecule has 1 saturated carbocycles. The third-order valence-electron chi connectivity index (χ3n) is 9.62. The van der Waals surface area contributed by atoms with E-state index in [1.807, 2.05) is 36.4 Å². The van der Waals surface area contributed by atoms with E-state index in [4.69, 9.17) is 15.2 Å². The molecule has 1 amide bonds. The molecule has 1 fully saturated rings. The summed E-state index contributed by atoms with van der Waals surface area (Å²) in [5, 5.41) is 36.2. The van der Waals surface area contributed by atoms with Crippen molar-refractivity contribution in [3.63, 3.8) is 0 Å². The minimum absolute atomic E-state index is 0. The summed E-state index contributed by atoms with van der Waals surface area (Å²) in [5.74, 6) is -1.93. The highest BCUT2D eigenvalue weighted by atomic mass is 35.5. The number of fused-ring (bicyclic) bond motifs is 1. The van der Waals surface area contributed by atoms with Crippen LogP contribution in [0, 0.1) is 11.8 Å². The van der Waals surface area contributed by atoms with Gasteiger partial charge in [0.25, 0.3) is 0 Å². The number of nitrogens with one attached hydrogen (secondary N) is 1. The van der Waals surface area contributed by atoms with Gasteiger partial charge in [0.15, 0.2) is 0 Å². The van der Waals surface area contributed by atoms with Crippen LogP contribution in [0.4, 0.5) is 18.9 Å². The van der Waals surface area contributed by atoms with Crippen LogP contribution >= 0.6 is 24.8 Å². The fourth-order valence-electron chi connectivity index (χ4n) is 6.56. The molecule has 6 N–H and O–H groups in total. The van der Waals surface area contributed by atoms with Gasteiger partial charge < -0.3 is 35.8 Å². The van der Waals surface area contributed by atoms with E-state index in [0.717, 1.165) is 34.0 Å². The number of unbranched alkanes of at least 4 members (excludes halogenated alkanes) is 1. The number of aliphatic hydroxyl groups excluding tert-OH is 3. The van der Waals surface area contributed by atoms with Crippen molar-refractivity contribution in [1.82, 2.24) is 4.98 Å². The van der Waals surface area contributed by atoms with Crippen molar-refractivity contribution in [3.05, 3.63) is 126 Å². The molecule has 15 heteroatoms. The number of allylic oxidation sites excluding steroid dienone is 2. The molecule has 0 bridgehead atoms. The zero-order valence-electron chi connectivity index (χ0n) is 31.0. The highest BCUT2D eigenvalue weighted by Crippen LogP contribution is 2.36. The van der Waals surface area contributed by atoms with E-state index in [-0.39, 0.29) is 81.0 Å². The lowest BCUT2D eigenvalue weighted by atomic mass is 9.89. The molecule has 0 saturated heterocycles. The minimum Gasteiger partial charge on any atom is -0.491 e. The van der Waals surface area contributed by atoms with Crippen LogP contribution < -0.4 is 15.8 Å². The van der Waals surface area contributed by atoms with Gasteiger partial charge in [-0.05, 0) is 78.1 Å². The summed E-state index contributed by atoms with van der Waals surface area (Å²) < 4.78 is 49.6. The van der Waals surface area contributed by atoms with Gasteiger partial charge in [-0.15, -0.1) is 24.8 Å². The zero-order chi connectivity index (χ0) is 39.4. The largest absolute Gasteiger partial charge is 0.491 e. The number of benzene rings is 3. The third-order valence-corrected chi connectivity index (χ3v) is 9.62. The number of nitrogens with zero attached hydrogens (tertiary/aromatic N) is 1. The highest BCUT2D eigenvalue weighted by molar-refractivity contribution is 5.98. The van der Waals surface area contributed by atoms with Crippen molar-refractivity contribution >= 4 is 53.2 Å². The van der Waals surface area contributed by atoms with Gasteiger partial charge in [0, 0.05) is 48.8 Å². The van der Waals surface area contributed by atoms with Crippen LogP contribution in [0.5, 0.6) is 5.75 Å². The van der Waals surface area contributed by atoms with E-state index in [1.165, 1.54) is 18.2 Å². The molecule has 5 rings (SSSR count). The average Bonchev–Trinajstić information content (AvgIpc) is 3.44. The molecule has 10 nitrogen and oxygen atoms in total. The van der Waals surface area contributed by atoms with Crippen molar-refractivity contribution in [3.8, 4) is 5.75 Å². The first-order valence-electron chi connectivity index (χ1n) is 18.2. The second-order valence-corrected chi connectivity index (χ2v) is 13.6. The summed E-state index contributed by atoms with van der Waals surface area (Å²) in [6.07, 6.45) is 5.02. The van der Waals surface area contributed by atoms with Crippen LogP contribution in [0.1, 0.15) is 54.7 Å². The number of halogens is 5. The lowest BCUT2D eigenvalue weighted by molar-refractivity contribution is -0.145. The number of pyridine rings is 1. The molecule has 1 aliphatic carbocycles. The number of nitrogens with two attached hydrogens (primary N) is 1. The van der Waals surface area contributed by atoms with Crippen molar-refractivity contribution < 1.29 is 47.6 Å². The summed E-state index contributed by atoms with van der Waals surface area (Å²) in [4.78, 5) is 29.6. The molecule has 308 valence electrons. The smallest absolute Gasteiger partial charge is 0.416 e. The van der Waals surface area contributed by atoms with Gasteiger partial charge in [-0.2, -0.15) is 13.2 Å². The number of aromatic nitrogens is 1. The first kappa shape index (κ1) is 46.9. The van der Waals surface area contributed by atoms with Gasteiger partial charge in [0.05, 0.1) is 23.7 Å². The monoisotopic (exact) mass is 833 g/mol. The number of amides is 1. The number of alkyl halides is 3. The quantitative estimate of drug-likeness (QED) is 0.0418. The van der Waals surface area contributed by atoms with Crippen LogP contribution in [0.3, 0.4) is 0 Å². The zero-order valence-corrected chi connectivity index (χ0v) is 32.6. The molecule has 6 atom stereocenters. The predicted molar refractivity (Wildman–Crippen MR) is 216 cm³/mol. The fraction of sp³-hybridized carbons (Fsp3) is 0.357. The molecule has 2 unspecified atom stereocenters. The maximum Gasteiger partial charge on any atom is 0.416 e. The minimum atomic E-state index is -4.51. The van der Waals surface area contributed by atoms with Crippen LogP contribution in [0.25, 0.3) is 10.8 Å². The van der Waals surface area contributed by atoms with E-state index < -0.39 is 41.9 Å². The summed E-state index contributed by atoms with van der Waals surface area (Å²) >= 11 is 0. The Morgan fingerprint density at radius 1 is 0.982 bits per heavy atom. The van der Waals surface area contributed by atoms with E-state index in [1.54, 1.807) is 42.7 Å². The maximum atomic E-state index is 13.1. The first-order valence-corrected chi connectivity index (χ1v) is 18.2. The van der Waals surface area contributed by atoms with Crippen LogP contribution in [0.15, 0.2) is 109 Å². The van der Waals surface area contributed by atoms with Gasteiger partial charge in [0.2, 0.25) is 5.91 Å². The fourth-order valence-corrected chi connectivity index (χ4v) is 6.56. The normalized spacial score (nSPS) is 19.1. The SMILES string of the molecule is Cl.Cl.NCC(C(=O)Nc1ccc2cnccc2c1)c1ccc(COC(=O)CCC/C=C/C[C@@H]2[C@@H](/C=C/C(O)COc3cccc(C(F)(F)F)c3)[C@H](O)C[C@@H]2O)cc1. The summed E-state index contributed by atoms with van der Waals surface area (Å²) in [5.41, 5.74) is 7.29. The Kier molecular flexibility index (Phi) is 18.5. The average molecular weight is 835 g/mol. The van der Waals surface area contributed by atoms with Crippen molar-refractivity contribution in [2.75, 3.05) is 18.5 Å². The van der Waals surface area contributed by atoms with Crippen molar-refractivity contribution in [2.45, 2.75) is 69.1 Å². The molecule has 1 heterocycles. The Hall–Kier alpha value is -4.50. The lowest BCUT2D eigenvalue weighted by Gasteiger charge is -2.19. The highest BCUT2D eigenvalue weighted by Gasteiger charge is 2.39. The van der Waals surface area contributed by atoms with Gasteiger partial charge in [-0.3, -0.25) is 14.6 Å². The predicted octanol–water partition coefficient (Wildman–Crippen LogP) is 7.29. The van der Waals surface area contributed by atoms with Crippen molar-refractivity contribution in [1.29, 1.82) is 0 Å². The number of carbonyl (C=O) groups excluding carboxylic acids is 2. The standard InChI is InChI=1S/C42H46F3N3O7.2ClH/c43-42(44,45)31-6-5-7-34(21-31)54-26-33(49)16-17-36-35(38(50)22-39(36)51)8-3-1-2-4-9-40(52)55-25-27-10-12-28(13-11-27)37(23-46)41(53)48-32-15-14-30-24-47-19-18-29(30)20-32;;/h1,3,5-7,10-21,24,33,35-39,49-51H,2,4,8-9,22-23,25-26,46H2,(H,48,53);2*1H/b3-1+,17-16+;;/t33?,35-,36-,37?,38+,39-;;/m1../s1. The van der Waals surface area contributed by atoms with Crippen molar-refractivity contribution in [2.24, 2.45) is 17.6 Å². The number of ether oxygens (including phenoxy) is 2. The Labute approximate surface area is 341 Å². The number of aliphatic hydroxyl groups is 3. The number of hydrogen-bond donors (Lipinski definition) is 5. The Bertz CT molecular complexity index is 1950. The first-order chi connectivity index (χ1) is 26.4. The number of anilines is 1. The van der Waals surface area contributed by atoms with E-state index in [2.05, 4.69) is 10.3 Å². The summed E-state index contributed by atoms with van der Waals surface area (Å²) in [7, 11) is 0. The Morgan fingerprint density at radius 2 is 1.75 bits per heavy atom. The molecular formula is C42H48Cl2F3N3O7. The number of hydrogen-bond acceptors (Lipinski definition) is 9.